The average Bonchev–Trinajstić information content (AvgIpc) is 3.48. The zero-order valence-corrected chi connectivity index (χ0v) is 19.6. The van der Waals surface area contributed by atoms with Crippen molar-refractivity contribution >= 4 is 34.0 Å². The van der Waals surface area contributed by atoms with E-state index in [1.807, 2.05) is 67.0 Å². The molecule has 0 aliphatic carbocycles. The van der Waals surface area contributed by atoms with Crippen LogP contribution in [0.15, 0.2) is 91.5 Å². The van der Waals surface area contributed by atoms with Crippen molar-refractivity contribution < 1.29 is 4.79 Å². The van der Waals surface area contributed by atoms with Gasteiger partial charge in [0.2, 0.25) is 0 Å². The van der Waals surface area contributed by atoms with Crippen LogP contribution in [0.25, 0.3) is 22.0 Å². The molecule has 8 heteroatoms. The van der Waals surface area contributed by atoms with Gasteiger partial charge in [-0.15, -0.1) is 0 Å². The Morgan fingerprint density at radius 3 is 2.47 bits per heavy atom. The molecular weight excluding hydrogens is 450 g/mol. The van der Waals surface area contributed by atoms with Crippen molar-refractivity contribution in [1.29, 1.82) is 0 Å². The summed E-state index contributed by atoms with van der Waals surface area (Å²) in [5.41, 5.74) is 5.57. The molecule has 1 fully saturated rings. The van der Waals surface area contributed by atoms with E-state index in [2.05, 4.69) is 53.5 Å². The highest BCUT2D eigenvalue weighted by molar-refractivity contribution is 6.04. The van der Waals surface area contributed by atoms with Crippen molar-refractivity contribution in [3.8, 4) is 11.1 Å². The van der Waals surface area contributed by atoms with Crippen LogP contribution in [0.2, 0.25) is 0 Å². The van der Waals surface area contributed by atoms with E-state index in [1.165, 1.54) is 0 Å². The summed E-state index contributed by atoms with van der Waals surface area (Å²) in [6.07, 6.45) is 5.35. The number of hydrogen-bond donors (Lipinski definition) is 2. The SMILES string of the molecule is O=C(Nc1cccc(N2CCN(c3ncnc4ccc(-c5cn[nH]c5)cc34)CC2)c1)c1ccccc1. The average molecular weight is 476 g/mol. The normalized spacial score (nSPS) is 13.7. The van der Waals surface area contributed by atoms with Crippen LogP contribution in [0.4, 0.5) is 17.2 Å². The van der Waals surface area contributed by atoms with E-state index in [9.17, 15) is 4.79 Å². The first-order chi connectivity index (χ1) is 17.7. The molecule has 2 aromatic heterocycles. The van der Waals surface area contributed by atoms with E-state index in [1.54, 1.807) is 6.33 Å². The molecule has 6 rings (SSSR count). The summed E-state index contributed by atoms with van der Waals surface area (Å²) < 4.78 is 0. The summed E-state index contributed by atoms with van der Waals surface area (Å²) in [6.45, 7) is 3.37. The molecule has 1 aliphatic rings. The molecule has 2 N–H and O–H groups in total. The predicted octanol–water partition coefficient (Wildman–Crippen LogP) is 4.60. The summed E-state index contributed by atoms with van der Waals surface area (Å²) >= 11 is 0. The number of benzene rings is 3. The highest BCUT2D eigenvalue weighted by Gasteiger charge is 2.21. The maximum Gasteiger partial charge on any atom is 0.255 e. The van der Waals surface area contributed by atoms with Gasteiger partial charge >= 0.3 is 0 Å². The van der Waals surface area contributed by atoms with Crippen molar-refractivity contribution in [3.63, 3.8) is 0 Å². The van der Waals surface area contributed by atoms with Gasteiger partial charge in [-0.05, 0) is 48.0 Å². The number of piperazine rings is 1. The largest absolute Gasteiger partial charge is 0.368 e. The lowest BCUT2D eigenvalue weighted by Crippen LogP contribution is -2.47. The number of rotatable bonds is 5. The number of carbonyl (C=O) groups is 1. The van der Waals surface area contributed by atoms with Crippen LogP contribution >= 0.6 is 0 Å². The smallest absolute Gasteiger partial charge is 0.255 e. The second kappa shape index (κ2) is 9.50. The quantitative estimate of drug-likeness (QED) is 0.386. The fraction of sp³-hybridized carbons (Fsp3) is 0.143. The van der Waals surface area contributed by atoms with E-state index >= 15 is 0 Å². The van der Waals surface area contributed by atoms with Crippen molar-refractivity contribution in [3.05, 3.63) is 97.1 Å². The van der Waals surface area contributed by atoms with E-state index in [0.717, 1.165) is 65.4 Å². The summed E-state index contributed by atoms with van der Waals surface area (Å²) in [5.74, 6) is 0.844. The Labute approximate surface area is 208 Å². The number of H-pyrrole nitrogens is 1. The molecule has 0 atom stereocenters. The Morgan fingerprint density at radius 1 is 0.833 bits per heavy atom. The minimum Gasteiger partial charge on any atom is -0.368 e. The van der Waals surface area contributed by atoms with E-state index in [4.69, 9.17) is 0 Å². The van der Waals surface area contributed by atoms with E-state index < -0.39 is 0 Å². The maximum atomic E-state index is 12.6. The Morgan fingerprint density at radius 2 is 1.67 bits per heavy atom. The summed E-state index contributed by atoms with van der Waals surface area (Å²) in [5, 5.41) is 11.0. The Kier molecular flexibility index (Phi) is 5.75. The topological polar surface area (TPSA) is 90.0 Å². The maximum absolute atomic E-state index is 12.6. The molecule has 8 nitrogen and oxygen atoms in total. The van der Waals surface area contributed by atoms with Gasteiger partial charge in [0, 0.05) is 60.3 Å². The number of nitrogens with one attached hydrogen (secondary N) is 2. The lowest BCUT2D eigenvalue weighted by atomic mass is 10.1. The van der Waals surface area contributed by atoms with Crippen molar-refractivity contribution in [2.75, 3.05) is 41.3 Å². The fourth-order valence-corrected chi connectivity index (χ4v) is 4.63. The minimum absolute atomic E-state index is 0.108. The fourth-order valence-electron chi connectivity index (χ4n) is 4.63. The molecule has 0 spiro atoms. The molecule has 1 saturated heterocycles. The van der Waals surface area contributed by atoms with Gasteiger partial charge in [0.1, 0.15) is 12.1 Å². The van der Waals surface area contributed by atoms with Gasteiger partial charge in [0.25, 0.3) is 5.91 Å². The van der Waals surface area contributed by atoms with Gasteiger partial charge in [0.05, 0.1) is 11.7 Å². The summed E-state index contributed by atoms with van der Waals surface area (Å²) in [6, 6.07) is 23.5. The van der Waals surface area contributed by atoms with Gasteiger partial charge < -0.3 is 15.1 Å². The van der Waals surface area contributed by atoms with Crippen LogP contribution in [0, 0.1) is 0 Å². The molecule has 36 heavy (non-hydrogen) atoms. The number of anilines is 3. The molecule has 3 aromatic carbocycles. The third kappa shape index (κ3) is 4.36. The van der Waals surface area contributed by atoms with Crippen molar-refractivity contribution in [2.24, 2.45) is 0 Å². The molecule has 1 aliphatic heterocycles. The van der Waals surface area contributed by atoms with E-state index in [-0.39, 0.29) is 5.91 Å². The first-order valence-corrected chi connectivity index (χ1v) is 11.9. The second-order valence-corrected chi connectivity index (χ2v) is 8.76. The highest BCUT2D eigenvalue weighted by atomic mass is 16.1. The number of amides is 1. The van der Waals surface area contributed by atoms with Gasteiger partial charge in [-0.25, -0.2) is 9.97 Å². The van der Waals surface area contributed by atoms with Crippen LogP contribution in [0.5, 0.6) is 0 Å². The standard InChI is InChI=1S/C28H25N7O/c36-28(20-5-2-1-3-6-20)33-23-7-4-8-24(16-23)34-11-13-35(14-12-34)27-25-15-21(22-17-31-32-18-22)9-10-26(25)29-19-30-27/h1-10,15-19H,11-14H2,(H,31,32)(H,33,36). The number of aromatic amines is 1. The van der Waals surface area contributed by atoms with Crippen LogP contribution < -0.4 is 15.1 Å². The minimum atomic E-state index is -0.108. The van der Waals surface area contributed by atoms with Crippen molar-refractivity contribution in [1.82, 2.24) is 20.2 Å². The molecule has 0 bridgehead atoms. The van der Waals surface area contributed by atoms with Crippen LogP contribution in [0.1, 0.15) is 10.4 Å². The molecular formula is C28H25N7O. The van der Waals surface area contributed by atoms with Crippen molar-refractivity contribution in [2.45, 2.75) is 0 Å². The predicted molar refractivity (Wildman–Crippen MR) is 142 cm³/mol. The molecule has 0 unspecified atom stereocenters. The lowest BCUT2D eigenvalue weighted by molar-refractivity contribution is 0.102. The molecule has 0 saturated carbocycles. The number of carbonyl (C=O) groups excluding carboxylic acids is 1. The first kappa shape index (κ1) is 21.8. The molecule has 178 valence electrons. The highest BCUT2D eigenvalue weighted by Crippen LogP contribution is 2.30. The summed E-state index contributed by atoms with van der Waals surface area (Å²) in [7, 11) is 0. The first-order valence-electron chi connectivity index (χ1n) is 11.9. The third-order valence-electron chi connectivity index (χ3n) is 6.53. The Hall–Kier alpha value is -4.72. The monoisotopic (exact) mass is 475 g/mol. The number of aromatic nitrogens is 4. The zero-order valence-electron chi connectivity index (χ0n) is 19.6. The van der Waals surface area contributed by atoms with Crippen LogP contribution in [-0.4, -0.2) is 52.3 Å². The number of fused-ring (bicyclic) bond motifs is 1. The van der Waals surface area contributed by atoms with Gasteiger partial charge in [-0.2, -0.15) is 5.10 Å². The van der Waals surface area contributed by atoms with Crippen LogP contribution in [-0.2, 0) is 0 Å². The van der Waals surface area contributed by atoms with Gasteiger partial charge in [-0.1, -0.05) is 30.3 Å². The molecule has 0 radical (unpaired) electrons. The van der Waals surface area contributed by atoms with E-state index in [0.29, 0.717) is 5.56 Å². The molecule has 3 heterocycles. The Bertz CT molecular complexity index is 1490. The number of nitrogens with zero attached hydrogens (tertiary/aromatic N) is 5. The van der Waals surface area contributed by atoms with Gasteiger partial charge in [-0.3, -0.25) is 9.89 Å². The molecule has 5 aromatic rings. The third-order valence-corrected chi connectivity index (χ3v) is 6.53. The number of hydrogen-bond acceptors (Lipinski definition) is 6. The lowest BCUT2D eigenvalue weighted by Gasteiger charge is -2.37. The Balaban J connectivity index is 1.17. The summed E-state index contributed by atoms with van der Waals surface area (Å²) in [4.78, 5) is 26.3. The van der Waals surface area contributed by atoms with Crippen LogP contribution in [0.3, 0.4) is 0 Å². The zero-order chi connectivity index (χ0) is 24.3. The second-order valence-electron chi connectivity index (χ2n) is 8.76. The molecule has 1 amide bonds. The van der Waals surface area contributed by atoms with Gasteiger partial charge in [0.15, 0.2) is 0 Å².